The van der Waals surface area contributed by atoms with E-state index in [0.29, 0.717) is 6.04 Å². The van der Waals surface area contributed by atoms with E-state index in [1.165, 1.54) is 0 Å². The molecule has 1 aromatic rings. The largest absolute Gasteiger partial charge is 0.353 e. The predicted molar refractivity (Wildman–Crippen MR) is 88.8 cm³/mol. The molecule has 7 heteroatoms. The van der Waals surface area contributed by atoms with Crippen LogP contribution < -0.4 is 15.8 Å². The molecule has 2 fully saturated rings. The molecule has 3 rings (SSSR count). The predicted octanol–water partition coefficient (Wildman–Crippen LogP) is 0.551. The molecule has 2 unspecified atom stereocenters. The Kier molecular flexibility index (Phi) is 5.40. The van der Waals surface area contributed by atoms with Gasteiger partial charge in [0.05, 0.1) is 0 Å². The van der Waals surface area contributed by atoms with Crippen molar-refractivity contribution >= 4 is 11.7 Å². The average Bonchev–Trinajstić information content (AvgIpc) is 2.91. The van der Waals surface area contributed by atoms with Crippen LogP contribution in [-0.4, -0.2) is 59.3 Å². The SMILES string of the molecule is CCCC1CC(C(=O)N2CCCN(c3cccnn3)CC2)NN1. The lowest BCUT2D eigenvalue weighted by molar-refractivity contribution is -0.133. The van der Waals surface area contributed by atoms with Gasteiger partial charge in [0.1, 0.15) is 6.04 Å². The fourth-order valence-corrected chi connectivity index (χ4v) is 3.37. The zero-order valence-electron chi connectivity index (χ0n) is 13.7. The van der Waals surface area contributed by atoms with Gasteiger partial charge in [0, 0.05) is 38.4 Å². The van der Waals surface area contributed by atoms with Crippen molar-refractivity contribution in [1.29, 1.82) is 0 Å². The lowest BCUT2D eigenvalue weighted by Gasteiger charge is -2.24. The van der Waals surface area contributed by atoms with Crippen molar-refractivity contribution in [3.8, 4) is 0 Å². The molecule has 0 bridgehead atoms. The van der Waals surface area contributed by atoms with Crippen molar-refractivity contribution in [3.05, 3.63) is 18.3 Å². The monoisotopic (exact) mass is 318 g/mol. The van der Waals surface area contributed by atoms with Crippen LogP contribution in [0.1, 0.15) is 32.6 Å². The maximum absolute atomic E-state index is 12.7. The molecule has 0 radical (unpaired) electrons. The maximum Gasteiger partial charge on any atom is 0.241 e. The second-order valence-corrected chi connectivity index (χ2v) is 6.31. The van der Waals surface area contributed by atoms with Gasteiger partial charge in [0.25, 0.3) is 0 Å². The number of anilines is 1. The first kappa shape index (κ1) is 16.1. The highest BCUT2D eigenvalue weighted by Gasteiger charge is 2.32. The summed E-state index contributed by atoms with van der Waals surface area (Å²) in [6, 6.07) is 4.20. The molecule has 0 aliphatic carbocycles. The fourth-order valence-electron chi connectivity index (χ4n) is 3.37. The van der Waals surface area contributed by atoms with Crippen molar-refractivity contribution in [2.24, 2.45) is 0 Å². The summed E-state index contributed by atoms with van der Waals surface area (Å²) >= 11 is 0. The summed E-state index contributed by atoms with van der Waals surface area (Å²) in [4.78, 5) is 16.9. The minimum Gasteiger partial charge on any atom is -0.353 e. The van der Waals surface area contributed by atoms with Crippen molar-refractivity contribution in [2.75, 3.05) is 31.1 Å². The number of carbonyl (C=O) groups is 1. The molecular weight excluding hydrogens is 292 g/mol. The van der Waals surface area contributed by atoms with Gasteiger partial charge >= 0.3 is 0 Å². The van der Waals surface area contributed by atoms with Gasteiger partial charge in [-0.2, -0.15) is 5.10 Å². The number of hydrazine groups is 1. The molecule has 2 aliphatic rings. The number of aromatic nitrogens is 2. The highest BCUT2D eigenvalue weighted by Crippen LogP contribution is 2.16. The second kappa shape index (κ2) is 7.70. The number of hydrogen-bond acceptors (Lipinski definition) is 6. The van der Waals surface area contributed by atoms with Gasteiger partial charge in [-0.15, -0.1) is 5.10 Å². The molecule has 2 aliphatic heterocycles. The first-order chi connectivity index (χ1) is 11.3. The summed E-state index contributed by atoms with van der Waals surface area (Å²) in [6.07, 6.45) is 5.77. The van der Waals surface area contributed by atoms with Crippen LogP contribution in [0.4, 0.5) is 5.82 Å². The Morgan fingerprint density at radius 1 is 1.30 bits per heavy atom. The van der Waals surface area contributed by atoms with Crippen LogP contribution >= 0.6 is 0 Å². The number of amides is 1. The van der Waals surface area contributed by atoms with Gasteiger partial charge in [0.15, 0.2) is 5.82 Å². The summed E-state index contributed by atoms with van der Waals surface area (Å²) in [5.41, 5.74) is 6.43. The van der Waals surface area contributed by atoms with Gasteiger partial charge in [-0.25, -0.2) is 5.43 Å². The molecule has 0 spiro atoms. The fraction of sp³-hybridized carbons (Fsp3) is 0.688. The van der Waals surface area contributed by atoms with E-state index in [1.807, 2.05) is 17.0 Å². The molecule has 1 amide bonds. The molecule has 23 heavy (non-hydrogen) atoms. The lowest BCUT2D eigenvalue weighted by Crippen LogP contribution is -2.47. The maximum atomic E-state index is 12.7. The van der Waals surface area contributed by atoms with Crippen LogP contribution in [0.5, 0.6) is 0 Å². The Balaban J connectivity index is 1.55. The standard InChI is InChI=1S/C16H26N6O/c1-2-5-13-12-14(19-18-13)16(23)22-9-4-8-21(10-11-22)15-6-3-7-17-20-15/h3,6-7,13-14,18-19H,2,4-5,8-12H2,1H3. The molecule has 2 saturated heterocycles. The molecule has 0 aromatic carbocycles. The van der Waals surface area contributed by atoms with Crippen LogP contribution in [0.3, 0.4) is 0 Å². The summed E-state index contributed by atoms with van der Waals surface area (Å²) in [6.45, 7) is 5.45. The number of nitrogens with one attached hydrogen (secondary N) is 2. The minimum atomic E-state index is -0.0883. The van der Waals surface area contributed by atoms with Gasteiger partial charge < -0.3 is 9.80 Å². The van der Waals surface area contributed by atoms with Crippen LogP contribution in [0.25, 0.3) is 0 Å². The van der Waals surface area contributed by atoms with Crippen LogP contribution in [0, 0.1) is 0 Å². The van der Waals surface area contributed by atoms with E-state index >= 15 is 0 Å². The highest BCUT2D eigenvalue weighted by atomic mass is 16.2. The first-order valence-electron chi connectivity index (χ1n) is 8.60. The van der Waals surface area contributed by atoms with Crippen LogP contribution in [0.15, 0.2) is 18.3 Å². The zero-order chi connectivity index (χ0) is 16.1. The van der Waals surface area contributed by atoms with Crippen molar-refractivity contribution in [3.63, 3.8) is 0 Å². The lowest BCUT2D eigenvalue weighted by atomic mass is 10.1. The second-order valence-electron chi connectivity index (χ2n) is 6.31. The Bertz CT molecular complexity index is 511. The molecular formula is C16H26N6O. The molecule has 0 saturated carbocycles. The van der Waals surface area contributed by atoms with E-state index in [9.17, 15) is 4.79 Å². The van der Waals surface area contributed by atoms with Crippen LogP contribution in [-0.2, 0) is 4.79 Å². The minimum absolute atomic E-state index is 0.0883. The van der Waals surface area contributed by atoms with Crippen molar-refractivity contribution in [1.82, 2.24) is 25.9 Å². The van der Waals surface area contributed by atoms with Crippen molar-refractivity contribution < 1.29 is 4.79 Å². The zero-order valence-corrected chi connectivity index (χ0v) is 13.7. The molecule has 7 nitrogen and oxygen atoms in total. The quantitative estimate of drug-likeness (QED) is 0.845. The average molecular weight is 318 g/mol. The third kappa shape index (κ3) is 3.97. The smallest absolute Gasteiger partial charge is 0.241 e. The van der Waals surface area contributed by atoms with E-state index in [2.05, 4.69) is 32.9 Å². The summed E-state index contributed by atoms with van der Waals surface area (Å²) in [7, 11) is 0. The molecule has 1 aromatic heterocycles. The summed E-state index contributed by atoms with van der Waals surface area (Å²) in [5, 5.41) is 8.11. The Labute approximate surface area is 137 Å². The molecule has 126 valence electrons. The molecule has 2 N–H and O–H groups in total. The number of nitrogens with zero attached hydrogens (tertiary/aromatic N) is 4. The third-order valence-corrected chi connectivity index (χ3v) is 4.61. The van der Waals surface area contributed by atoms with E-state index in [1.54, 1.807) is 6.20 Å². The van der Waals surface area contributed by atoms with E-state index < -0.39 is 0 Å². The number of carbonyl (C=O) groups excluding carboxylic acids is 1. The van der Waals surface area contributed by atoms with Gasteiger partial charge in [-0.1, -0.05) is 13.3 Å². The van der Waals surface area contributed by atoms with Gasteiger partial charge in [0.2, 0.25) is 5.91 Å². The number of hydrogen-bond donors (Lipinski definition) is 2. The Morgan fingerprint density at radius 2 is 2.22 bits per heavy atom. The highest BCUT2D eigenvalue weighted by molar-refractivity contribution is 5.82. The molecule has 3 heterocycles. The summed E-state index contributed by atoms with van der Waals surface area (Å²) in [5.74, 6) is 1.11. The molecule has 2 atom stereocenters. The van der Waals surface area contributed by atoms with E-state index in [4.69, 9.17) is 0 Å². The first-order valence-corrected chi connectivity index (χ1v) is 8.60. The number of rotatable bonds is 4. The van der Waals surface area contributed by atoms with Gasteiger partial charge in [-0.05, 0) is 31.4 Å². The van der Waals surface area contributed by atoms with Crippen molar-refractivity contribution in [2.45, 2.75) is 44.7 Å². The Hall–Kier alpha value is -1.73. The van der Waals surface area contributed by atoms with E-state index in [0.717, 1.165) is 57.7 Å². The van der Waals surface area contributed by atoms with Crippen LogP contribution in [0.2, 0.25) is 0 Å². The topological polar surface area (TPSA) is 73.4 Å². The third-order valence-electron chi connectivity index (χ3n) is 4.61. The summed E-state index contributed by atoms with van der Waals surface area (Å²) < 4.78 is 0. The Morgan fingerprint density at radius 3 is 3.00 bits per heavy atom. The normalized spacial score (nSPS) is 25.4. The van der Waals surface area contributed by atoms with Gasteiger partial charge in [-0.3, -0.25) is 10.2 Å². The van der Waals surface area contributed by atoms with E-state index in [-0.39, 0.29) is 11.9 Å².